The van der Waals surface area contributed by atoms with E-state index in [1.165, 1.54) is 42.3 Å². The smallest absolute Gasteiger partial charge is 0.271 e. The molecular formula is C19H27N3O2. The van der Waals surface area contributed by atoms with Crippen LogP contribution in [0.3, 0.4) is 0 Å². The van der Waals surface area contributed by atoms with Crippen molar-refractivity contribution in [3.63, 3.8) is 0 Å². The summed E-state index contributed by atoms with van der Waals surface area (Å²) < 4.78 is 2.37. The van der Waals surface area contributed by atoms with Crippen LogP contribution in [-0.4, -0.2) is 35.0 Å². The first-order chi connectivity index (χ1) is 11.6. The Balaban J connectivity index is 2.07. The van der Waals surface area contributed by atoms with E-state index in [1.807, 2.05) is 6.07 Å². The Hall–Kier alpha value is -1.88. The minimum Gasteiger partial charge on any atom is -0.344 e. The Morgan fingerprint density at radius 1 is 1.17 bits per heavy atom. The molecule has 0 radical (unpaired) electrons. The Morgan fingerprint density at radius 3 is 2.62 bits per heavy atom. The number of aromatic nitrogens is 1. The molecule has 130 valence electrons. The SMILES string of the molecule is CN(C)CCCn1c2c(c3ccc([N+](=O)[O-])cc31)CCCCCC2. The normalized spacial score (nSPS) is 15.3. The van der Waals surface area contributed by atoms with E-state index in [9.17, 15) is 10.1 Å². The zero-order valence-corrected chi connectivity index (χ0v) is 14.8. The lowest BCUT2D eigenvalue weighted by Crippen LogP contribution is -2.16. The number of nitro groups is 1. The maximum atomic E-state index is 11.2. The standard InChI is InChI=1S/C19H27N3O2/c1-20(2)12-7-13-21-18-9-6-4-3-5-8-16(18)17-11-10-15(22(23)24)14-19(17)21/h10-11,14H,3-9,12-13H2,1-2H3. The second-order valence-corrected chi connectivity index (χ2v) is 7.11. The maximum absolute atomic E-state index is 11.2. The zero-order chi connectivity index (χ0) is 17.1. The number of benzene rings is 1. The van der Waals surface area contributed by atoms with Crippen molar-refractivity contribution in [1.82, 2.24) is 9.47 Å². The first kappa shape index (κ1) is 17.0. The molecule has 0 N–H and O–H groups in total. The summed E-state index contributed by atoms with van der Waals surface area (Å²) in [5, 5.41) is 12.4. The van der Waals surface area contributed by atoms with E-state index in [2.05, 4.69) is 23.6 Å². The summed E-state index contributed by atoms with van der Waals surface area (Å²) in [4.78, 5) is 13.1. The Bertz CT molecular complexity index is 734. The quantitative estimate of drug-likeness (QED) is 0.611. The lowest BCUT2D eigenvalue weighted by atomic mass is 9.96. The van der Waals surface area contributed by atoms with Gasteiger partial charge in [0.25, 0.3) is 5.69 Å². The largest absolute Gasteiger partial charge is 0.344 e. The minimum absolute atomic E-state index is 0.196. The summed E-state index contributed by atoms with van der Waals surface area (Å²) in [5.41, 5.74) is 4.10. The lowest BCUT2D eigenvalue weighted by molar-refractivity contribution is -0.384. The monoisotopic (exact) mass is 329 g/mol. The molecule has 0 bridgehead atoms. The van der Waals surface area contributed by atoms with Crippen LogP contribution in [0.25, 0.3) is 10.9 Å². The predicted molar refractivity (Wildman–Crippen MR) is 97.6 cm³/mol. The summed E-state index contributed by atoms with van der Waals surface area (Å²) in [5.74, 6) is 0. The summed E-state index contributed by atoms with van der Waals surface area (Å²) in [6.07, 6.45) is 8.29. The van der Waals surface area contributed by atoms with Crippen molar-refractivity contribution in [1.29, 1.82) is 0 Å². The first-order valence-corrected chi connectivity index (χ1v) is 9.01. The minimum atomic E-state index is -0.284. The average Bonchev–Trinajstić information content (AvgIpc) is 2.78. The molecule has 0 spiro atoms. The number of non-ortho nitro benzene ring substituents is 1. The third kappa shape index (κ3) is 3.46. The van der Waals surface area contributed by atoms with Crippen LogP contribution >= 0.6 is 0 Å². The second-order valence-electron chi connectivity index (χ2n) is 7.11. The van der Waals surface area contributed by atoms with Gasteiger partial charge in [-0.15, -0.1) is 0 Å². The van der Waals surface area contributed by atoms with E-state index in [0.29, 0.717) is 0 Å². The van der Waals surface area contributed by atoms with Gasteiger partial charge in [0.2, 0.25) is 0 Å². The Morgan fingerprint density at radius 2 is 1.92 bits per heavy atom. The highest BCUT2D eigenvalue weighted by Crippen LogP contribution is 2.33. The molecule has 24 heavy (non-hydrogen) atoms. The third-order valence-electron chi connectivity index (χ3n) is 5.06. The molecule has 3 rings (SSSR count). The second kappa shape index (κ2) is 7.34. The number of aryl methyl sites for hydroxylation is 2. The summed E-state index contributed by atoms with van der Waals surface area (Å²) in [6.45, 7) is 1.97. The Kier molecular flexibility index (Phi) is 5.19. The molecule has 2 aromatic rings. The fraction of sp³-hybridized carbons (Fsp3) is 0.579. The van der Waals surface area contributed by atoms with Crippen LogP contribution in [0.15, 0.2) is 18.2 Å². The molecule has 1 heterocycles. The average molecular weight is 329 g/mol. The maximum Gasteiger partial charge on any atom is 0.271 e. The van der Waals surface area contributed by atoms with Crippen LogP contribution in [0.1, 0.15) is 43.4 Å². The molecule has 1 aromatic heterocycles. The van der Waals surface area contributed by atoms with Gasteiger partial charge in [0.15, 0.2) is 0 Å². The van der Waals surface area contributed by atoms with Crippen molar-refractivity contribution < 1.29 is 4.92 Å². The van der Waals surface area contributed by atoms with Crippen molar-refractivity contribution in [2.75, 3.05) is 20.6 Å². The number of nitrogens with zero attached hydrogens (tertiary/aromatic N) is 3. The van der Waals surface area contributed by atoms with Crippen LogP contribution in [0.5, 0.6) is 0 Å². The van der Waals surface area contributed by atoms with Crippen molar-refractivity contribution in [2.24, 2.45) is 0 Å². The van der Waals surface area contributed by atoms with Crippen molar-refractivity contribution in [3.05, 3.63) is 39.6 Å². The van der Waals surface area contributed by atoms with Gasteiger partial charge in [0.1, 0.15) is 0 Å². The number of hydrogen-bond acceptors (Lipinski definition) is 3. The molecule has 1 aliphatic rings. The molecule has 0 aliphatic heterocycles. The summed E-state index contributed by atoms with van der Waals surface area (Å²) in [7, 11) is 4.17. The molecule has 5 heteroatoms. The third-order valence-corrected chi connectivity index (χ3v) is 5.06. The fourth-order valence-corrected chi connectivity index (χ4v) is 3.89. The molecule has 0 amide bonds. The fourth-order valence-electron chi connectivity index (χ4n) is 3.89. The molecule has 1 aliphatic carbocycles. The molecule has 0 saturated carbocycles. The van der Waals surface area contributed by atoms with E-state index >= 15 is 0 Å². The van der Waals surface area contributed by atoms with Gasteiger partial charge >= 0.3 is 0 Å². The summed E-state index contributed by atoms with van der Waals surface area (Å²) >= 11 is 0. The molecule has 0 atom stereocenters. The molecule has 0 fully saturated rings. The van der Waals surface area contributed by atoms with Crippen LogP contribution in [0, 0.1) is 10.1 Å². The van der Waals surface area contributed by atoms with Gasteiger partial charge in [0.05, 0.1) is 10.4 Å². The molecule has 1 aromatic carbocycles. The van der Waals surface area contributed by atoms with Crippen molar-refractivity contribution in [2.45, 2.75) is 51.5 Å². The van der Waals surface area contributed by atoms with E-state index in [-0.39, 0.29) is 10.6 Å². The van der Waals surface area contributed by atoms with Gasteiger partial charge in [-0.3, -0.25) is 10.1 Å². The number of hydrogen-bond donors (Lipinski definition) is 0. The molecule has 5 nitrogen and oxygen atoms in total. The molecule has 0 unspecified atom stereocenters. The van der Waals surface area contributed by atoms with E-state index in [4.69, 9.17) is 0 Å². The predicted octanol–water partition coefficient (Wildman–Crippen LogP) is 4.16. The van der Waals surface area contributed by atoms with E-state index in [1.54, 1.807) is 12.1 Å². The number of rotatable bonds is 5. The molecule has 0 saturated heterocycles. The summed E-state index contributed by atoms with van der Waals surface area (Å²) in [6, 6.07) is 5.40. The zero-order valence-electron chi connectivity index (χ0n) is 14.8. The lowest BCUT2D eigenvalue weighted by Gasteiger charge is -2.16. The van der Waals surface area contributed by atoms with Crippen LogP contribution in [-0.2, 0) is 19.4 Å². The van der Waals surface area contributed by atoms with E-state index in [0.717, 1.165) is 37.9 Å². The van der Waals surface area contributed by atoms with Gasteiger partial charge in [0, 0.05) is 29.8 Å². The van der Waals surface area contributed by atoms with E-state index < -0.39 is 0 Å². The van der Waals surface area contributed by atoms with Crippen molar-refractivity contribution >= 4 is 16.6 Å². The number of nitro benzene ring substituents is 1. The van der Waals surface area contributed by atoms with Crippen molar-refractivity contribution in [3.8, 4) is 0 Å². The van der Waals surface area contributed by atoms with Gasteiger partial charge in [-0.1, -0.05) is 12.8 Å². The first-order valence-electron chi connectivity index (χ1n) is 9.01. The van der Waals surface area contributed by atoms with Crippen LogP contribution < -0.4 is 0 Å². The van der Waals surface area contributed by atoms with Gasteiger partial charge in [-0.2, -0.15) is 0 Å². The molecular weight excluding hydrogens is 302 g/mol. The van der Waals surface area contributed by atoms with Gasteiger partial charge < -0.3 is 9.47 Å². The highest BCUT2D eigenvalue weighted by atomic mass is 16.6. The van der Waals surface area contributed by atoms with Gasteiger partial charge in [-0.25, -0.2) is 0 Å². The Labute approximate surface area is 143 Å². The highest BCUT2D eigenvalue weighted by Gasteiger charge is 2.20. The topological polar surface area (TPSA) is 51.3 Å². The number of fused-ring (bicyclic) bond motifs is 3. The van der Waals surface area contributed by atoms with Gasteiger partial charge in [-0.05, 0) is 64.4 Å². The highest BCUT2D eigenvalue weighted by molar-refractivity contribution is 5.87. The van der Waals surface area contributed by atoms with Crippen LogP contribution in [0.2, 0.25) is 0 Å². The van der Waals surface area contributed by atoms with Crippen LogP contribution in [0.4, 0.5) is 5.69 Å².